The smallest absolute Gasteiger partial charge is 0.416 e. The van der Waals surface area contributed by atoms with E-state index in [-0.39, 0.29) is 18.6 Å². The summed E-state index contributed by atoms with van der Waals surface area (Å²) in [4.78, 5) is 26.1. The molecule has 1 atom stereocenters. The molecule has 1 aliphatic heterocycles. The molecule has 0 bridgehead atoms. The van der Waals surface area contributed by atoms with Gasteiger partial charge in [0, 0.05) is 6.42 Å². The molecule has 0 unspecified atom stereocenters. The Kier molecular flexibility index (Phi) is 11.0. The van der Waals surface area contributed by atoms with Gasteiger partial charge in [0.05, 0.1) is 6.04 Å². The number of hydrogen-bond donors (Lipinski definition) is 0. The zero-order chi connectivity index (χ0) is 23.3. The van der Waals surface area contributed by atoms with Gasteiger partial charge in [-0.1, -0.05) is 65.3 Å². The van der Waals surface area contributed by atoms with Crippen LogP contribution in [-0.2, 0) is 16.0 Å². The summed E-state index contributed by atoms with van der Waals surface area (Å²) in [6.07, 6.45) is 13.3. The Balaban J connectivity index is 1.71. The number of imide groups is 1. The number of ether oxygens (including phenoxy) is 1. The van der Waals surface area contributed by atoms with Crippen LogP contribution in [0.2, 0.25) is 0 Å². The lowest BCUT2D eigenvalue weighted by molar-refractivity contribution is -0.129. The quantitative estimate of drug-likeness (QED) is 0.257. The van der Waals surface area contributed by atoms with Crippen LogP contribution in [0.5, 0.6) is 0 Å². The van der Waals surface area contributed by atoms with Gasteiger partial charge in [-0.25, -0.2) is 9.69 Å². The van der Waals surface area contributed by atoms with E-state index in [1.54, 1.807) is 0 Å². The van der Waals surface area contributed by atoms with Crippen LogP contribution in [0.15, 0.2) is 65.3 Å². The zero-order valence-corrected chi connectivity index (χ0v) is 20.2. The fourth-order valence-corrected chi connectivity index (χ4v) is 3.86. The second-order valence-corrected chi connectivity index (χ2v) is 9.04. The fraction of sp³-hybridized carbons (Fsp3) is 0.500. The van der Waals surface area contributed by atoms with Crippen LogP contribution >= 0.6 is 0 Å². The van der Waals surface area contributed by atoms with Crippen molar-refractivity contribution in [2.45, 2.75) is 85.1 Å². The topological polar surface area (TPSA) is 46.6 Å². The van der Waals surface area contributed by atoms with Crippen molar-refractivity contribution >= 4 is 12.0 Å². The maximum Gasteiger partial charge on any atom is 0.416 e. The van der Waals surface area contributed by atoms with Gasteiger partial charge >= 0.3 is 6.09 Å². The largest absolute Gasteiger partial charge is 0.447 e. The van der Waals surface area contributed by atoms with Gasteiger partial charge in [-0.15, -0.1) is 0 Å². The highest BCUT2D eigenvalue weighted by atomic mass is 16.6. The molecular weight excluding hydrogens is 398 g/mol. The number of carbonyl (C=O) groups is 2. The summed E-state index contributed by atoms with van der Waals surface area (Å²) in [7, 11) is 0. The number of carbonyl (C=O) groups excluding carboxylic acids is 2. The van der Waals surface area contributed by atoms with Gasteiger partial charge in [-0.05, 0) is 78.2 Å². The van der Waals surface area contributed by atoms with Crippen molar-refractivity contribution < 1.29 is 14.3 Å². The molecule has 1 fully saturated rings. The third-order valence-electron chi connectivity index (χ3n) is 5.75. The molecule has 0 spiro atoms. The zero-order valence-electron chi connectivity index (χ0n) is 20.2. The van der Waals surface area contributed by atoms with Crippen LogP contribution in [-0.4, -0.2) is 29.5 Å². The van der Waals surface area contributed by atoms with E-state index in [0.29, 0.717) is 12.8 Å². The molecule has 4 nitrogen and oxygen atoms in total. The maximum atomic E-state index is 12.7. The lowest BCUT2D eigenvalue weighted by Gasteiger charge is -2.19. The number of rotatable bonds is 12. The van der Waals surface area contributed by atoms with Crippen molar-refractivity contribution in [3.05, 3.63) is 70.8 Å². The van der Waals surface area contributed by atoms with Crippen LogP contribution in [0.1, 0.15) is 78.2 Å². The summed E-state index contributed by atoms with van der Waals surface area (Å²) in [5.41, 5.74) is 5.29. The molecule has 1 saturated heterocycles. The monoisotopic (exact) mass is 437 g/mol. The number of hydrogen-bond acceptors (Lipinski definition) is 3. The Morgan fingerprint density at radius 3 is 2.22 bits per heavy atom. The third-order valence-corrected chi connectivity index (χ3v) is 5.75. The number of amides is 2. The van der Waals surface area contributed by atoms with Gasteiger partial charge in [0.15, 0.2) is 0 Å². The molecule has 1 aliphatic rings. The van der Waals surface area contributed by atoms with Gasteiger partial charge in [0.1, 0.15) is 6.61 Å². The minimum Gasteiger partial charge on any atom is -0.447 e. The molecule has 2 rings (SSSR count). The van der Waals surface area contributed by atoms with Crippen molar-refractivity contribution in [3.63, 3.8) is 0 Å². The second-order valence-electron chi connectivity index (χ2n) is 9.04. The summed E-state index contributed by atoms with van der Waals surface area (Å²) in [5, 5.41) is 0. The van der Waals surface area contributed by atoms with E-state index >= 15 is 0 Å². The first-order valence-corrected chi connectivity index (χ1v) is 11.8. The van der Waals surface area contributed by atoms with Crippen LogP contribution in [0.4, 0.5) is 4.79 Å². The van der Waals surface area contributed by atoms with E-state index < -0.39 is 6.09 Å². The number of unbranched alkanes of at least 4 members (excludes halogenated alkanes) is 1. The van der Waals surface area contributed by atoms with Crippen LogP contribution in [0.3, 0.4) is 0 Å². The highest BCUT2D eigenvalue weighted by Crippen LogP contribution is 2.19. The average molecular weight is 438 g/mol. The molecule has 0 N–H and O–H groups in total. The highest BCUT2D eigenvalue weighted by Gasteiger charge is 2.37. The third kappa shape index (κ3) is 9.25. The van der Waals surface area contributed by atoms with Crippen LogP contribution in [0, 0.1) is 0 Å². The van der Waals surface area contributed by atoms with E-state index in [9.17, 15) is 9.59 Å². The minimum atomic E-state index is -0.505. The van der Waals surface area contributed by atoms with Crippen molar-refractivity contribution in [3.8, 4) is 0 Å². The summed E-state index contributed by atoms with van der Waals surface area (Å²) in [6, 6.07) is 9.71. The number of benzene rings is 1. The van der Waals surface area contributed by atoms with Gasteiger partial charge in [0.25, 0.3) is 0 Å². The summed E-state index contributed by atoms with van der Waals surface area (Å²) >= 11 is 0. The molecule has 4 heteroatoms. The molecule has 1 aromatic rings. The Labute approximate surface area is 194 Å². The van der Waals surface area contributed by atoms with E-state index in [0.717, 1.165) is 44.1 Å². The van der Waals surface area contributed by atoms with E-state index in [1.165, 1.54) is 21.6 Å². The predicted octanol–water partition coefficient (Wildman–Crippen LogP) is 7.17. The molecule has 0 radical (unpaired) electrons. The summed E-state index contributed by atoms with van der Waals surface area (Å²) < 4.78 is 5.16. The molecule has 2 amide bonds. The first-order chi connectivity index (χ1) is 15.4. The van der Waals surface area contributed by atoms with Crippen molar-refractivity contribution in [1.82, 2.24) is 4.90 Å². The molecule has 0 aliphatic carbocycles. The Morgan fingerprint density at radius 2 is 1.56 bits per heavy atom. The van der Waals surface area contributed by atoms with Crippen LogP contribution < -0.4 is 0 Å². The molecule has 32 heavy (non-hydrogen) atoms. The fourth-order valence-electron chi connectivity index (χ4n) is 3.86. The predicted molar refractivity (Wildman–Crippen MR) is 131 cm³/mol. The first-order valence-electron chi connectivity index (χ1n) is 11.8. The summed E-state index contributed by atoms with van der Waals surface area (Å²) in [5.74, 6) is -0.130. The second kappa shape index (κ2) is 13.7. The number of cyclic esters (lactones) is 1. The maximum absolute atomic E-state index is 12.7. The van der Waals surface area contributed by atoms with E-state index in [2.05, 4.69) is 45.9 Å². The minimum absolute atomic E-state index is 0.130. The van der Waals surface area contributed by atoms with Gasteiger partial charge in [-0.3, -0.25) is 4.79 Å². The standard InChI is InChI=1S/C28H39NO3/c1-22(2)12-10-14-24(4)16-11-15-23(3)13-8-9-19-27(30)29-26(21-32-28(29)31)20-25-17-6-5-7-18-25/h5-7,12-13,16-18,26H,8-11,14-15,19-21H2,1-4H3/b23-13+,24-16+/t26-/m1/s1. The Bertz CT molecular complexity index is 831. The SMILES string of the molecule is CC(C)=CCC/C(C)=C/CC/C(C)=C/CCCC(=O)N1C(=O)OC[C@H]1Cc1ccccc1. The molecule has 0 saturated carbocycles. The number of nitrogens with zero attached hydrogens (tertiary/aromatic N) is 1. The van der Waals surface area contributed by atoms with Crippen molar-refractivity contribution in [2.24, 2.45) is 0 Å². The van der Waals surface area contributed by atoms with Gasteiger partial charge < -0.3 is 4.74 Å². The van der Waals surface area contributed by atoms with Crippen LogP contribution in [0.25, 0.3) is 0 Å². The van der Waals surface area contributed by atoms with E-state index in [4.69, 9.17) is 4.74 Å². The molecule has 1 aromatic carbocycles. The van der Waals surface area contributed by atoms with Crippen molar-refractivity contribution in [1.29, 1.82) is 0 Å². The molecular formula is C28H39NO3. The van der Waals surface area contributed by atoms with Gasteiger partial charge in [-0.2, -0.15) is 0 Å². The number of allylic oxidation sites excluding steroid dienone is 6. The highest BCUT2D eigenvalue weighted by molar-refractivity contribution is 5.93. The van der Waals surface area contributed by atoms with E-state index in [1.807, 2.05) is 30.3 Å². The normalized spacial score (nSPS) is 16.8. The summed E-state index contributed by atoms with van der Waals surface area (Å²) in [6.45, 7) is 8.92. The molecule has 0 aromatic heterocycles. The Hall–Kier alpha value is -2.62. The first kappa shape index (κ1) is 25.6. The lowest BCUT2D eigenvalue weighted by atomic mass is 10.0. The molecule has 174 valence electrons. The lowest BCUT2D eigenvalue weighted by Crippen LogP contribution is -2.40. The van der Waals surface area contributed by atoms with Gasteiger partial charge in [0.2, 0.25) is 5.91 Å². The van der Waals surface area contributed by atoms with Crippen molar-refractivity contribution in [2.75, 3.05) is 6.61 Å². The Morgan fingerprint density at radius 1 is 0.938 bits per heavy atom. The molecule has 1 heterocycles. The average Bonchev–Trinajstić information content (AvgIpc) is 3.11.